The Morgan fingerprint density at radius 2 is 1.68 bits per heavy atom. The Morgan fingerprint density at radius 3 is 2.29 bits per heavy atom. The lowest BCUT2D eigenvalue weighted by Crippen LogP contribution is -2.30. The van der Waals surface area contributed by atoms with Crippen LogP contribution in [0.5, 0.6) is 0 Å². The Bertz CT molecular complexity index is 1020. The molecule has 2 amide bonds. The second-order valence-electron chi connectivity index (χ2n) is 6.68. The first-order valence-corrected chi connectivity index (χ1v) is 11.2. The topological polar surface area (TPSA) is 93.0 Å². The van der Waals surface area contributed by atoms with Gasteiger partial charge in [-0.1, -0.05) is 11.8 Å². The number of carbonyl (C=O) groups is 2. The van der Waals surface area contributed by atoms with Crippen LogP contribution in [0.15, 0.2) is 53.9 Å². The SMILES string of the molecule is CCN(CC)C(=O)c1ccc(NC(=O)CSc2nnc(-c3ccncc3)n2CC)cc1. The van der Waals surface area contributed by atoms with Crippen LogP contribution in [0.3, 0.4) is 0 Å². The fourth-order valence-electron chi connectivity index (χ4n) is 3.11. The maximum Gasteiger partial charge on any atom is 0.253 e. The van der Waals surface area contributed by atoms with Crippen molar-refractivity contribution < 1.29 is 9.59 Å². The molecule has 2 heterocycles. The number of hydrogen-bond acceptors (Lipinski definition) is 6. The smallest absolute Gasteiger partial charge is 0.253 e. The van der Waals surface area contributed by atoms with Crippen molar-refractivity contribution in [2.24, 2.45) is 0 Å². The molecule has 0 unspecified atom stereocenters. The summed E-state index contributed by atoms with van der Waals surface area (Å²) in [6, 6.07) is 10.7. The monoisotopic (exact) mass is 438 g/mol. The number of nitrogens with zero attached hydrogens (tertiary/aromatic N) is 5. The lowest BCUT2D eigenvalue weighted by atomic mass is 10.2. The summed E-state index contributed by atoms with van der Waals surface area (Å²) in [5.41, 5.74) is 2.19. The van der Waals surface area contributed by atoms with Crippen LogP contribution in [0.1, 0.15) is 31.1 Å². The van der Waals surface area contributed by atoms with Crippen molar-refractivity contribution in [3.8, 4) is 11.4 Å². The van der Waals surface area contributed by atoms with E-state index in [4.69, 9.17) is 0 Å². The maximum absolute atomic E-state index is 12.4. The predicted molar refractivity (Wildman–Crippen MR) is 122 cm³/mol. The summed E-state index contributed by atoms with van der Waals surface area (Å²) in [5.74, 6) is 0.793. The minimum Gasteiger partial charge on any atom is -0.339 e. The highest BCUT2D eigenvalue weighted by molar-refractivity contribution is 7.99. The van der Waals surface area contributed by atoms with Crippen molar-refractivity contribution in [3.63, 3.8) is 0 Å². The van der Waals surface area contributed by atoms with E-state index in [1.807, 2.05) is 37.5 Å². The minimum absolute atomic E-state index is 0.0117. The normalized spacial score (nSPS) is 10.7. The van der Waals surface area contributed by atoms with Crippen molar-refractivity contribution in [2.45, 2.75) is 32.5 Å². The van der Waals surface area contributed by atoms with Crippen molar-refractivity contribution >= 4 is 29.3 Å². The van der Waals surface area contributed by atoms with E-state index < -0.39 is 0 Å². The van der Waals surface area contributed by atoms with Gasteiger partial charge >= 0.3 is 0 Å². The lowest BCUT2D eigenvalue weighted by molar-refractivity contribution is -0.113. The third-order valence-electron chi connectivity index (χ3n) is 4.77. The van der Waals surface area contributed by atoms with E-state index >= 15 is 0 Å². The number of hydrogen-bond donors (Lipinski definition) is 1. The highest BCUT2D eigenvalue weighted by Crippen LogP contribution is 2.23. The Labute approximate surface area is 186 Å². The predicted octanol–water partition coefficient (Wildman–Crippen LogP) is 3.57. The molecule has 162 valence electrons. The fourth-order valence-corrected chi connectivity index (χ4v) is 3.91. The van der Waals surface area contributed by atoms with Gasteiger partial charge in [-0.15, -0.1) is 10.2 Å². The average molecular weight is 439 g/mol. The van der Waals surface area contributed by atoms with Gasteiger partial charge in [0.15, 0.2) is 11.0 Å². The summed E-state index contributed by atoms with van der Waals surface area (Å²) in [4.78, 5) is 30.6. The first kappa shape index (κ1) is 22.5. The molecule has 1 N–H and O–H groups in total. The third-order valence-corrected chi connectivity index (χ3v) is 5.74. The van der Waals surface area contributed by atoms with E-state index in [1.54, 1.807) is 41.6 Å². The molecule has 0 aliphatic heterocycles. The van der Waals surface area contributed by atoms with Gasteiger partial charge in [0.1, 0.15) is 0 Å². The Morgan fingerprint density at radius 1 is 1.00 bits per heavy atom. The van der Waals surface area contributed by atoms with E-state index in [0.29, 0.717) is 36.0 Å². The molecule has 0 atom stereocenters. The van der Waals surface area contributed by atoms with Crippen LogP contribution in [0.2, 0.25) is 0 Å². The lowest BCUT2D eigenvalue weighted by Gasteiger charge is -2.18. The molecule has 8 nitrogen and oxygen atoms in total. The van der Waals surface area contributed by atoms with Crippen molar-refractivity contribution in [2.75, 3.05) is 24.2 Å². The number of amides is 2. The first-order valence-electron chi connectivity index (χ1n) is 10.2. The number of rotatable bonds is 9. The molecule has 1 aromatic carbocycles. The fraction of sp³-hybridized carbons (Fsp3) is 0.318. The molecule has 0 radical (unpaired) electrons. The first-order chi connectivity index (χ1) is 15.1. The van der Waals surface area contributed by atoms with Crippen LogP contribution < -0.4 is 5.32 Å². The van der Waals surface area contributed by atoms with Crippen LogP contribution in [0.4, 0.5) is 5.69 Å². The molecular weight excluding hydrogens is 412 g/mol. The molecule has 0 saturated carbocycles. The van der Waals surface area contributed by atoms with Gasteiger partial charge in [0.25, 0.3) is 5.91 Å². The van der Waals surface area contributed by atoms with Gasteiger partial charge in [-0.3, -0.25) is 14.6 Å². The minimum atomic E-state index is -0.149. The van der Waals surface area contributed by atoms with Crippen LogP contribution >= 0.6 is 11.8 Å². The van der Waals surface area contributed by atoms with E-state index in [-0.39, 0.29) is 17.6 Å². The van der Waals surface area contributed by atoms with Gasteiger partial charge in [0, 0.05) is 48.8 Å². The van der Waals surface area contributed by atoms with Crippen LogP contribution in [-0.4, -0.2) is 55.3 Å². The number of aromatic nitrogens is 4. The summed E-state index contributed by atoms with van der Waals surface area (Å²) in [7, 11) is 0. The van der Waals surface area contributed by atoms with Gasteiger partial charge in [-0.2, -0.15) is 0 Å². The second-order valence-corrected chi connectivity index (χ2v) is 7.62. The van der Waals surface area contributed by atoms with Crippen LogP contribution in [-0.2, 0) is 11.3 Å². The zero-order valence-corrected chi connectivity index (χ0v) is 18.7. The van der Waals surface area contributed by atoms with Crippen molar-refractivity contribution in [1.29, 1.82) is 0 Å². The number of benzene rings is 1. The molecule has 2 aromatic heterocycles. The molecule has 0 bridgehead atoms. The Hall–Kier alpha value is -3.20. The molecular formula is C22H26N6O2S. The number of thioether (sulfide) groups is 1. The standard InChI is InChI=1S/C22H26N6O2S/c1-4-27(5-2)21(30)17-7-9-18(10-8-17)24-19(29)15-31-22-26-25-20(28(22)6-3)16-11-13-23-14-12-16/h7-14H,4-6,15H2,1-3H3,(H,24,29). The molecule has 9 heteroatoms. The highest BCUT2D eigenvalue weighted by atomic mass is 32.2. The van der Waals surface area contributed by atoms with Crippen LogP contribution in [0.25, 0.3) is 11.4 Å². The molecule has 31 heavy (non-hydrogen) atoms. The maximum atomic E-state index is 12.4. The van der Waals surface area contributed by atoms with Gasteiger partial charge in [0.05, 0.1) is 5.75 Å². The van der Waals surface area contributed by atoms with E-state index in [2.05, 4.69) is 20.5 Å². The van der Waals surface area contributed by atoms with Gasteiger partial charge in [-0.25, -0.2) is 0 Å². The quantitative estimate of drug-likeness (QED) is 0.514. The zero-order valence-electron chi connectivity index (χ0n) is 17.9. The summed E-state index contributed by atoms with van der Waals surface area (Å²) in [6.07, 6.45) is 3.43. The van der Waals surface area contributed by atoms with E-state index in [0.717, 1.165) is 11.4 Å². The van der Waals surface area contributed by atoms with Crippen molar-refractivity contribution in [1.82, 2.24) is 24.6 Å². The highest BCUT2D eigenvalue weighted by Gasteiger charge is 2.15. The average Bonchev–Trinajstić information content (AvgIpc) is 3.22. The summed E-state index contributed by atoms with van der Waals surface area (Å²) < 4.78 is 1.97. The Balaban J connectivity index is 1.60. The zero-order chi connectivity index (χ0) is 22.2. The van der Waals surface area contributed by atoms with Crippen LogP contribution in [0, 0.1) is 0 Å². The van der Waals surface area contributed by atoms with Gasteiger partial charge in [0.2, 0.25) is 5.91 Å². The molecule has 0 fully saturated rings. The third kappa shape index (κ3) is 5.49. The van der Waals surface area contributed by atoms with Gasteiger partial charge < -0.3 is 14.8 Å². The Kier molecular flexibility index (Phi) is 7.77. The summed E-state index contributed by atoms with van der Waals surface area (Å²) >= 11 is 1.33. The second kappa shape index (κ2) is 10.7. The molecule has 3 aromatic rings. The molecule has 0 spiro atoms. The number of pyridine rings is 1. The van der Waals surface area contributed by atoms with E-state index in [9.17, 15) is 9.59 Å². The van der Waals surface area contributed by atoms with Gasteiger partial charge in [-0.05, 0) is 57.2 Å². The molecule has 0 aliphatic rings. The number of anilines is 1. The summed E-state index contributed by atoms with van der Waals surface area (Å²) in [6.45, 7) is 7.93. The van der Waals surface area contributed by atoms with E-state index in [1.165, 1.54) is 11.8 Å². The molecule has 0 saturated heterocycles. The summed E-state index contributed by atoms with van der Waals surface area (Å²) in [5, 5.41) is 12.1. The molecule has 0 aliphatic carbocycles. The molecule has 3 rings (SSSR count). The largest absolute Gasteiger partial charge is 0.339 e. The van der Waals surface area contributed by atoms with Crippen molar-refractivity contribution in [3.05, 3.63) is 54.4 Å². The number of carbonyl (C=O) groups excluding carboxylic acids is 2. The number of nitrogens with one attached hydrogen (secondary N) is 1.